The van der Waals surface area contributed by atoms with Gasteiger partial charge >= 0.3 is 5.97 Å². The van der Waals surface area contributed by atoms with Gasteiger partial charge in [0, 0.05) is 12.0 Å². The summed E-state index contributed by atoms with van der Waals surface area (Å²) in [5.74, 6) is -0.645. The Morgan fingerprint density at radius 2 is 1.96 bits per heavy atom. The van der Waals surface area contributed by atoms with Crippen molar-refractivity contribution in [3.8, 4) is 5.75 Å². The van der Waals surface area contributed by atoms with Crippen LogP contribution in [0, 0.1) is 6.92 Å². The number of rotatable bonds is 7. The van der Waals surface area contributed by atoms with Gasteiger partial charge in [0.2, 0.25) is 10.0 Å². The van der Waals surface area contributed by atoms with Gasteiger partial charge in [0.05, 0.1) is 11.8 Å². The molecule has 0 saturated carbocycles. The fraction of sp³-hybridized carbons (Fsp3) is 0.611. The maximum Gasteiger partial charge on any atom is 0.318 e. The zero-order valence-electron chi connectivity index (χ0n) is 15.3. The van der Waals surface area contributed by atoms with Gasteiger partial charge in [-0.25, -0.2) is 8.42 Å². The maximum absolute atomic E-state index is 12.6. The third-order valence-corrected chi connectivity index (χ3v) is 6.89. The number of aliphatic carboxylic acids is 1. The average Bonchev–Trinajstić information content (AvgIpc) is 2.58. The Bertz CT molecular complexity index is 740. The molecule has 0 bridgehead atoms. The van der Waals surface area contributed by atoms with Crippen molar-refractivity contribution in [3.63, 3.8) is 0 Å². The largest absolute Gasteiger partial charge is 0.487 e. The minimum atomic E-state index is -3.68. The van der Waals surface area contributed by atoms with E-state index in [1.807, 2.05) is 39.0 Å². The number of carboxylic acid groups (broad SMARTS) is 1. The molecule has 0 spiro atoms. The zero-order chi connectivity index (χ0) is 18.8. The number of aryl methyl sites for hydroxylation is 1. The molecule has 0 radical (unpaired) electrons. The van der Waals surface area contributed by atoms with Gasteiger partial charge in [0.15, 0.2) is 0 Å². The van der Waals surface area contributed by atoms with E-state index in [2.05, 4.69) is 0 Å². The Labute approximate surface area is 149 Å². The summed E-state index contributed by atoms with van der Waals surface area (Å²) in [5, 5.41) is 9.28. The highest BCUT2D eigenvalue weighted by Crippen LogP contribution is 2.46. The summed E-state index contributed by atoms with van der Waals surface area (Å²) in [6.45, 7) is 6.94. The first-order valence-corrected chi connectivity index (χ1v) is 10.3. The molecule has 0 aliphatic carbocycles. The monoisotopic (exact) mass is 369 g/mol. The lowest BCUT2D eigenvalue weighted by Crippen LogP contribution is -2.48. The van der Waals surface area contributed by atoms with E-state index in [0.717, 1.165) is 28.3 Å². The van der Waals surface area contributed by atoms with Gasteiger partial charge in [-0.05, 0) is 32.8 Å². The summed E-state index contributed by atoms with van der Waals surface area (Å²) < 4.78 is 32.6. The van der Waals surface area contributed by atoms with E-state index in [-0.39, 0.29) is 5.75 Å². The van der Waals surface area contributed by atoms with Gasteiger partial charge in [-0.15, -0.1) is 0 Å². The minimum Gasteiger partial charge on any atom is -0.487 e. The second-order valence-electron chi connectivity index (χ2n) is 6.59. The van der Waals surface area contributed by atoms with Gasteiger partial charge in [-0.1, -0.05) is 31.5 Å². The van der Waals surface area contributed by atoms with Crippen LogP contribution in [0.15, 0.2) is 18.2 Å². The van der Waals surface area contributed by atoms with Crippen molar-refractivity contribution < 1.29 is 23.1 Å². The highest BCUT2D eigenvalue weighted by Gasteiger charge is 2.44. The first kappa shape index (κ1) is 19.7. The number of ether oxygens (including phenoxy) is 1. The van der Waals surface area contributed by atoms with Gasteiger partial charge in [-0.3, -0.25) is 4.79 Å². The fourth-order valence-electron chi connectivity index (χ4n) is 3.40. The number of hydrogen-bond acceptors (Lipinski definition) is 4. The highest BCUT2D eigenvalue weighted by molar-refractivity contribution is 7.89. The van der Waals surface area contributed by atoms with E-state index in [9.17, 15) is 18.3 Å². The van der Waals surface area contributed by atoms with Crippen molar-refractivity contribution in [2.45, 2.75) is 58.6 Å². The molecular formula is C18H27NO5S. The van der Waals surface area contributed by atoms with Crippen LogP contribution in [0.2, 0.25) is 0 Å². The lowest BCUT2D eigenvalue weighted by molar-refractivity contribution is -0.138. The molecular weight excluding hydrogens is 342 g/mol. The van der Waals surface area contributed by atoms with Crippen LogP contribution in [0.4, 0.5) is 0 Å². The Hall–Kier alpha value is -1.60. The van der Waals surface area contributed by atoms with Crippen LogP contribution in [0.3, 0.4) is 0 Å². The molecule has 0 saturated heterocycles. The standard InChI is InChI=1S/C18H27NO5S/c1-5-18(6-2)11-15(14-10-13(4)8-9-16(14)24-18)19(12-17(20)21)25(22,23)7-3/h8-10,15H,5-7,11-12H2,1-4H3,(H,20,21). The zero-order valence-corrected chi connectivity index (χ0v) is 16.1. The molecule has 2 rings (SSSR count). The van der Waals surface area contributed by atoms with Gasteiger partial charge in [0.25, 0.3) is 0 Å². The molecule has 25 heavy (non-hydrogen) atoms. The Balaban J connectivity index is 2.62. The molecule has 140 valence electrons. The first-order chi connectivity index (χ1) is 11.7. The second kappa shape index (κ2) is 7.33. The molecule has 7 heteroatoms. The van der Waals surface area contributed by atoms with E-state index in [1.165, 1.54) is 6.92 Å². The molecule has 1 heterocycles. The Kier molecular flexibility index (Phi) is 5.79. The van der Waals surface area contributed by atoms with E-state index >= 15 is 0 Å². The number of hydrogen-bond donors (Lipinski definition) is 1. The SMILES string of the molecule is CCC1(CC)CC(N(CC(=O)O)S(=O)(=O)CC)c2cc(C)ccc2O1. The van der Waals surface area contributed by atoms with E-state index in [1.54, 1.807) is 0 Å². The average molecular weight is 369 g/mol. The number of sulfonamides is 1. The normalized spacial score (nSPS) is 19.3. The minimum absolute atomic E-state index is 0.135. The predicted octanol–water partition coefficient (Wildman–Crippen LogP) is 3.11. The molecule has 1 aliphatic rings. The lowest BCUT2D eigenvalue weighted by atomic mass is 9.83. The third kappa shape index (κ3) is 3.98. The van der Waals surface area contributed by atoms with Crippen molar-refractivity contribution in [1.82, 2.24) is 4.31 Å². The van der Waals surface area contributed by atoms with Crippen molar-refractivity contribution in [3.05, 3.63) is 29.3 Å². The van der Waals surface area contributed by atoms with Crippen LogP contribution in [0.1, 0.15) is 57.2 Å². The second-order valence-corrected chi connectivity index (χ2v) is 8.80. The third-order valence-electron chi connectivity index (χ3n) is 5.07. The molecule has 1 atom stereocenters. The van der Waals surface area contributed by atoms with Crippen molar-refractivity contribution in [2.75, 3.05) is 12.3 Å². The van der Waals surface area contributed by atoms with Crippen LogP contribution in [-0.2, 0) is 14.8 Å². The summed E-state index contributed by atoms with van der Waals surface area (Å²) in [6, 6.07) is 5.14. The first-order valence-electron chi connectivity index (χ1n) is 8.69. The van der Waals surface area contributed by atoms with Crippen LogP contribution in [-0.4, -0.2) is 41.7 Å². The summed E-state index contributed by atoms with van der Waals surface area (Å²) in [4.78, 5) is 11.4. The van der Waals surface area contributed by atoms with E-state index in [0.29, 0.717) is 12.2 Å². The summed E-state index contributed by atoms with van der Waals surface area (Å²) in [5.41, 5.74) is 1.24. The van der Waals surface area contributed by atoms with Gasteiger partial charge in [-0.2, -0.15) is 4.31 Å². The number of benzene rings is 1. The summed E-state index contributed by atoms with van der Waals surface area (Å²) in [6.07, 6.45) is 1.89. The molecule has 6 nitrogen and oxygen atoms in total. The van der Waals surface area contributed by atoms with Gasteiger partial charge in [0.1, 0.15) is 17.9 Å². The maximum atomic E-state index is 12.6. The molecule has 1 N–H and O–H groups in total. The van der Waals surface area contributed by atoms with Crippen LogP contribution >= 0.6 is 0 Å². The Morgan fingerprint density at radius 1 is 1.32 bits per heavy atom. The molecule has 0 amide bonds. The van der Waals surface area contributed by atoms with Gasteiger partial charge < -0.3 is 9.84 Å². The molecule has 0 fully saturated rings. The van der Waals surface area contributed by atoms with E-state index < -0.39 is 34.2 Å². The molecule has 0 aromatic heterocycles. The molecule has 1 aromatic carbocycles. The van der Waals surface area contributed by atoms with E-state index in [4.69, 9.17) is 4.74 Å². The van der Waals surface area contributed by atoms with Crippen molar-refractivity contribution in [1.29, 1.82) is 0 Å². The van der Waals surface area contributed by atoms with Crippen molar-refractivity contribution >= 4 is 16.0 Å². The number of fused-ring (bicyclic) bond motifs is 1. The quantitative estimate of drug-likeness (QED) is 0.798. The summed E-state index contributed by atoms with van der Waals surface area (Å²) >= 11 is 0. The number of carbonyl (C=O) groups is 1. The molecule has 1 unspecified atom stereocenters. The number of carboxylic acids is 1. The van der Waals surface area contributed by atoms with Crippen molar-refractivity contribution in [2.24, 2.45) is 0 Å². The van der Waals surface area contributed by atoms with Crippen LogP contribution in [0.5, 0.6) is 5.75 Å². The molecule has 1 aliphatic heterocycles. The van der Waals surface area contributed by atoms with Crippen LogP contribution in [0.25, 0.3) is 0 Å². The lowest BCUT2D eigenvalue weighted by Gasteiger charge is -2.44. The molecule has 1 aromatic rings. The highest BCUT2D eigenvalue weighted by atomic mass is 32.2. The predicted molar refractivity (Wildman–Crippen MR) is 96.3 cm³/mol. The van der Waals surface area contributed by atoms with Crippen LogP contribution < -0.4 is 4.74 Å². The number of nitrogens with zero attached hydrogens (tertiary/aromatic N) is 1. The fourth-order valence-corrected chi connectivity index (χ4v) is 4.61. The smallest absolute Gasteiger partial charge is 0.318 e. The topological polar surface area (TPSA) is 83.9 Å². The summed E-state index contributed by atoms with van der Waals surface area (Å²) in [7, 11) is -3.68. The Morgan fingerprint density at radius 3 is 2.48 bits per heavy atom.